The summed E-state index contributed by atoms with van der Waals surface area (Å²) in [5.74, 6) is -0.499. The highest BCUT2D eigenvalue weighted by Gasteiger charge is 2.40. The quantitative estimate of drug-likeness (QED) is 0.351. The van der Waals surface area contributed by atoms with Gasteiger partial charge in [0.25, 0.3) is 11.8 Å². The molecule has 4 aromatic rings. The number of fused-ring (bicyclic) bond motifs is 1. The molecule has 0 saturated carbocycles. The summed E-state index contributed by atoms with van der Waals surface area (Å²) >= 11 is 0. The predicted octanol–water partition coefficient (Wildman–Crippen LogP) is 4.88. The lowest BCUT2D eigenvalue weighted by molar-refractivity contribution is -0.137. The van der Waals surface area contributed by atoms with Crippen LogP contribution in [0, 0.1) is 0 Å². The van der Waals surface area contributed by atoms with E-state index >= 15 is 0 Å². The van der Waals surface area contributed by atoms with Gasteiger partial charge in [0.15, 0.2) is 5.65 Å². The van der Waals surface area contributed by atoms with Crippen molar-refractivity contribution in [3.8, 4) is 11.3 Å². The molecule has 5 rings (SSSR count). The first kappa shape index (κ1) is 28.2. The molecule has 0 unspecified atom stereocenters. The number of hydrogen-bond acceptors (Lipinski definition) is 6. The average molecular weight is 566 g/mol. The molecule has 0 bridgehead atoms. The smallest absolute Gasteiger partial charge is 0.332 e. The SMILES string of the molecule is CC(C)(C)c1cc(-c2ccc(C(F)(F)F)cc2)nn2cc(C(=O)N3CCN(C(=O)c4ncccn4)CC3(C)C)nc12. The van der Waals surface area contributed by atoms with E-state index < -0.39 is 22.7 Å². The summed E-state index contributed by atoms with van der Waals surface area (Å²) in [4.78, 5) is 42.8. The maximum Gasteiger partial charge on any atom is 0.416 e. The van der Waals surface area contributed by atoms with Gasteiger partial charge < -0.3 is 9.80 Å². The van der Waals surface area contributed by atoms with Crippen LogP contribution in [0.2, 0.25) is 0 Å². The van der Waals surface area contributed by atoms with Crippen LogP contribution in [0.3, 0.4) is 0 Å². The number of aromatic nitrogens is 5. The third kappa shape index (κ3) is 5.50. The van der Waals surface area contributed by atoms with Gasteiger partial charge in [0.1, 0.15) is 5.69 Å². The van der Waals surface area contributed by atoms with Crippen molar-refractivity contribution in [2.24, 2.45) is 0 Å². The van der Waals surface area contributed by atoms with E-state index in [1.165, 1.54) is 29.0 Å². The van der Waals surface area contributed by atoms with Gasteiger partial charge in [-0.1, -0.05) is 32.9 Å². The van der Waals surface area contributed by atoms with E-state index in [4.69, 9.17) is 0 Å². The molecule has 4 heterocycles. The Balaban J connectivity index is 1.46. The number of carbonyl (C=O) groups is 2. The summed E-state index contributed by atoms with van der Waals surface area (Å²) in [5.41, 5.74) is 0.590. The number of hydrogen-bond donors (Lipinski definition) is 0. The number of halogens is 3. The van der Waals surface area contributed by atoms with Crippen LogP contribution in [0.5, 0.6) is 0 Å². The Bertz CT molecular complexity index is 1610. The zero-order valence-corrected chi connectivity index (χ0v) is 23.4. The second-order valence-electron chi connectivity index (χ2n) is 11.7. The fourth-order valence-electron chi connectivity index (χ4n) is 5.00. The van der Waals surface area contributed by atoms with Crippen LogP contribution in [-0.2, 0) is 11.6 Å². The molecular formula is C29H30F3N7O2. The molecule has 1 aliphatic rings. The zero-order valence-electron chi connectivity index (χ0n) is 23.4. The molecule has 9 nitrogen and oxygen atoms in total. The number of imidazole rings is 1. The Hall–Kier alpha value is -4.35. The average Bonchev–Trinajstić information content (AvgIpc) is 3.35. The molecule has 1 saturated heterocycles. The van der Waals surface area contributed by atoms with E-state index in [9.17, 15) is 22.8 Å². The standard InChI is InChI=1S/C29H30F3N7O2/c1-27(2,3)20-15-21(18-7-9-19(10-8-18)29(30,31)32)36-39-16-22(35-24(20)39)25(40)38-14-13-37(17-28(38,4)5)26(41)23-33-11-6-12-34-23/h6-12,15-16H,13-14,17H2,1-5H3. The van der Waals surface area contributed by atoms with Gasteiger partial charge in [-0.2, -0.15) is 18.3 Å². The second kappa shape index (κ2) is 9.93. The van der Waals surface area contributed by atoms with Crippen molar-refractivity contribution in [2.75, 3.05) is 19.6 Å². The monoisotopic (exact) mass is 565 g/mol. The van der Waals surface area contributed by atoms with Crippen LogP contribution in [-0.4, -0.2) is 71.4 Å². The van der Waals surface area contributed by atoms with Crippen molar-refractivity contribution < 1.29 is 22.8 Å². The number of benzene rings is 1. The fraction of sp³-hybridized carbons (Fsp3) is 0.379. The molecule has 0 N–H and O–H groups in total. The molecule has 0 aliphatic carbocycles. The third-order valence-electron chi connectivity index (χ3n) is 7.15. The van der Waals surface area contributed by atoms with Crippen LogP contribution < -0.4 is 0 Å². The molecule has 41 heavy (non-hydrogen) atoms. The number of alkyl halides is 3. The lowest BCUT2D eigenvalue weighted by Gasteiger charge is -2.46. The fourth-order valence-corrected chi connectivity index (χ4v) is 5.00. The van der Waals surface area contributed by atoms with E-state index in [1.54, 1.807) is 28.1 Å². The Kier molecular flexibility index (Phi) is 6.83. The van der Waals surface area contributed by atoms with Gasteiger partial charge >= 0.3 is 6.18 Å². The van der Waals surface area contributed by atoms with E-state index in [0.717, 1.165) is 17.7 Å². The van der Waals surface area contributed by atoms with Crippen LogP contribution in [0.4, 0.5) is 13.2 Å². The number of carbonyl (C=O) groups excluding carboxylic acids is 2. The van der Waals surface area contributed by atoms with Crippen molar-refractivity contribution in [1.29, 1.82) is 0 Å². The van der Waals surface area contributed by atoms with E-state index in [2.05, 4.69) is 20.1 Å². The zero-order chi connectivity index (χ0) is 29.7. The molecular weight excluding hydrogens is 535 g/mol. The van der Waals surface area contributed by atoms with Gasteiger partial charge in [0.2, 0.25) is 5.82 Å². The summed E-state index contributed by atoms with van der Waals surface area (Å²) in [6, 6.07) is 8.26. The highest BCUT2D eigenvalue weighted by atomic mass is 19.4. The first-order valence-corrected chi connectivity index (χ1v) is 13.1. The Morgan fingerprint density at radius 3 is 2.20 bits per heavy atom. The lowest BCUT2D eigenvalue weighted by atomic mass is 9.87. The molecule has 1 aliphatic heterocycles. The molecule has 1 aromatic carbocycles. The Labute approximate surface area is 235 Å². The van der Waals surface area contributed by atoms with Gasteiger partial charge in [-0.15, -0.1) is 0 Å². The topological polar surface area (TPSA) is 96.6 Å². The molecule has 1 fully saturated rings. The normalized spacial score (nSPS) is 15.8. The summed E-state index contributed by atoms with van der Waals surface area (Å²) < 4.78 is 40.8. The maximum atomic E-state index is 13.8. The molecule has 0 radical (unpaired) electrons. The van der Waals surface area contributed by atoms with Gasteiger partial charge in [-0.3, -0.25) is 9.59 Å². The van der Waals surface area contributed by atoms with Crippen molar-refractivity contribution in [3.05, 3.63) is 77.6 Å². The third-order valence-corrected chi connectivity index (χ3v) is 7.15. The lowest BCUT2D eigenvalue weighted by Crippen LogP contribution is -2.62. The van der Waals surface area contributed by atoms with Crippen molar-refractivity contribution >= 4 is 17.5 Å². The number of rotatable bonds is 3. The number of amides is 2. The van der Waals surface area contributed by atoms with Crippen LogP contribution in [0.1, 0.15) is 66.9 Å². The predicted molar refractivity (Wildman–Crippen MR) is 145 cm³/mol. The van der Waals surface area contributed by atoms with Gasteiger partial charge in [-0.25, -0.2) is 19.5 Å². The van der Waals surface area contributed by atoms with E-state index in [-0.39, 0.29) is 36.4 Å². The second-order valence-corrected chi connectivity index (χ2v) is 11.7. The molecule has 0 atom stereocenters. The first-order valence-electron chi connectivity index (χ1n) is 13.1. The maximum absolute atomic E-state index is 13.8. The van der Waals surface area contributed by atoms with Gasteiger partial charge in [-0.05, 0) is 43.5 Å². The van der Waals surface area contributed by atoms with Crippen LogP contribution in [0.15, 0.2) is 55.0 Å². The van der Waals surface area contributed by atoms with Gasteiger partial charge in [0.05, 0.1) is 23.0 Å². The first-order chi connectivity index (χ1) is 19.1. The highest BCUT2D eigenvalue weighted by molar-refractivity contribution is 5.94. The summed E-state index contributed by atoms with van der Waals surface area (Å²) in [5, 5.41) is 4.60. The largest absolute Gasteiger partial charge is 0.416 e. The van der Waals surface area contributed by atoms with Crippen molar-refractivity contribution in [2.45, 2.75) is 51.7 Å². The van der Waals surface area contributed by atoms with Crippen molar-refractivity contribution in [1.82, 2.24) is 34.4 Å². The molecule has 0 spiro atoms. The van der Waals surface area contributed by atoms with Crippen LogP contribution in [0.25, 0.3) is 16.9 Å². The van der Waals surface area contributed by atoms with E-state index in [0.29, 0.717) is 23.4 Å². The molecule has 12 heteroatoms. The molecule has 3 aromatic heterocycles. The minimum atomic E-state index is -4.44. The molecule has 2 amide bonds. The summed E-state index contributed by atoms with van der Waals surface area (Å²) in [6.07, 6.45) is 0.134. The van der Waals surface area contributed by atoms with Crippen LogP contribution >= 0.6 is 0 Å². The summed E-state index contributed by atoms with van der Waals surface area (Å²) in [7, 11) is 0. The minimum absolute atomic E-state index is 0.105. The van der Waals surface area contributed by atoms with E-state index in [1.807, 2.05) is 34.6 Å². The Morgan fingerprint density at radius 1 is 0.951 bits per heavy atom. The minimum Gasteiger partial charge on any atom is -0.332 e. The highest BCUT2D eigenvalue weighted by Crippen LogP contribution is 2.33. The van der Waals surface area contributed by atoms with Crippen molar-refractivity contribution in [3.63, 3.8) is 0 Å². The number of nitrogens with zero attached hydrogens (tertiary/aromatic N) is 7. The Morgan fingerprint density at radius 2 is 1.61 bits per heavy atom. The van der Waals surface area contributed by atoms with Gasteiger partial charge in [0, 0.05) is 43.2 Å². The summed E-state index contributed by atoms with van der Waals surface area (Å²) in [6.45, 7) is 10.6. The molecule has 214 valence electrons. The number of piperazine rings is 1.